The monoisotopic (exact) mass is 350 g/mol. The first-order valence-electron chi connectivity index (χ1n) is 4.64. The van der Waals surface area contributed by atoms with Crippen LogP contribution in [0.5, 0.6) is 0 Å². The van der Waals surface area contributed by atoms with Gasteiger partial charge in [-0.15, -0.1) is 4.40 Å². The van der Waals surface area contributed by atoms with Crippen LogP contribution in [-0.2, 0) is 14.8 Å². The lowest BCUT2D eigenvalue weighted by molar-refractivity contribution is -0.133. The predicted molar refractivity (Wildman–Crippen MR) is 72.5 cm³/mol. The minimum atomic E-state index is -3.78. The van der Waals surface area contributed by atoms with Gasteiger partial charge in [-0.2, -0.15) is 8.42 Å². The van der Waals surface area contributed by atoms with Crippen molar-refractivity contribution in [3.63, 3.8) is 0 Å². The Bertz CT molecular complexity index is 642. The standard InChI is InChI=1S/C9H7BrN2O4S2/c10-5-1-2-6-7(3-5)18(15,16)12-9(11-6)17-4-8(13)14/h1-3H,4H2,(H,11,12)(H,13,14). The summed E-state index contributed by atoms with van der Waals surface area (Å²) < 4.78 is 27.9. The Morgan fingerprint density at radius 2 is 2.22 bits per heavy atom. The van der Waals surface area contributed by atoms with Gasteiger partial charge >= 0.3 is 5.97 Å². The number of sulfonamides is 1. The highest BCUT2D eigenvalue weighted by molar-refractivity contribution is 9.10. The van der Waals surface area contributed by atoms with Crippen molar-refractivity contribution in [2.24, 2.45) is 4.40 Å². The summed E-state index contributed by atoms with van der Waals surface area (Å²) in [5.74, 6) is -1.30. The molecule has 1 aromatic rings. The van der Waals surface area contributed by atoms with E-state index in [0.717, 1.165) is 11.8 Å². The summed E-state index contributed by atoms with van der Waals surface area (Å²) in [7, 11) is -3.78. The van der Waals surface area contributed by atoms with Crippen LogP contribution in [0.2, 0.25) is 0 Å². The molecule has 0 bridgehead atoms. The number of rotatable bonds is 2. The number of carbonyl (C=O) groups is 1. The first-order valence-corrected chi connectivity index (χ1v) is 7.86. The molecule has 18 heavy (non-hydrogen) atoms. The highest BCUT2D eigenvalue weighted by Gasteiger charge is 2.25. The molecule has 1 aliphatic heterocycles. The zero-order chi connectivity index (χ0) is 13.3. The Balaban J connectivity index is 2.36. The van der Waals surface area contributed by atoms with E-state index in [1.807, 2.05) is 0 Å². The van der Waals surface area contributed by atoms with E-state index in [2.05, 4.69) is 25.6 Å². The minimum Gasteiger partial charge on any atom is -0.481 e. The number of carboxylic acid groups (broad SMARTS) is 1. The number of carboxylic acids is 1. The van der Waals surface area contributed by atoms with Crippen LogP contribution in [0, 0.1) is 0 Å². The number of fused-ring (bicyclic) bond motifs is 1. The highest BCUT2D eigenvalue weighted by Crippen LogP contribution is 2.31. The fourth-order valence-electron chi connectivity index (χ4n) is 1.30. The number of aliphatic carboxylic acids is 1. The van der Waals surface area contributed by atoms with Crippen molar-refractivity contribution in [2.75, 3.05) is 11.1 Å². The van der Waals surface area contributed by atoms with Crippen molar-refractivity contribution in [1.29, 1.82) is 0 Å². The molecule has 1 aliphatic rings. The summed E-state index contributed by atoms with van der Waals surface area (Å²) in [6.07, 6.45) is 0. The molecule has 6 nitrogen and oxygen atoms in total. The zero-order valence-corrected chi connectivity index (χ0v) is 12.0. The molecule has 0 fully saturated rings. The normalized spacial score (nSPS) is 16.4. The largest absolute Gasteiger partial charge is 0.481 e. The summed E-state index contributed by atoms with van der Waals surface area (Å²) in [6, 6.07) is 4.72. The van der Waals surface area contributed by atoms with Gasteiger partial charge in [-0.3, -0.25) is 4.79 Å². The highest BCUT2D eigenvalue weighted by atomic mass is 79.9. The molecule has 2 rings (SSSR count). The van der Waals surface area contributed by atoms with Crippen LogP contribution in [0.4, 0.5) is 5.69 Å². The second-order valence-electron chi connectivity index (χ2n) is 3.32. The lowest BCUT2D eigenvalue weighted by Gasteiger charge is -2.17. The molecule has 0 unspecified atom stereocenters. The molecule has 0 aromatic heterocycles. The minimum absolute atomic E-state index is 0.0622. The second-order valence-corrected chi connectivity index (χ2v) is 6.77. The van der Waals surface area contributed by atoms with Crippen LogP contribution < -0.4 is 5.32 Å². The fraction of sp³-hybridized carbons (Fsp3) is 0.111. The number of nitrogens with one attached hydrogen (secondary N) is 1. The van der Waals surface area contributed by atoms with E-state index in [1.165, 1.54) is 6.07 Å². The third-order valence-electron chi connectivity index (χ3n) is 2.00. The van der Waals surface area contributed by atoms with Crippen molar-refractivity contribution in [3.8, 4) is 0 Å². The number of nitrogens with zero attached hydrogens (tertiary/aromatic N) is 1. The average molecular weight is 351 g/mol. The Hall–Kier alpha value is -1.06. The van der Waals surface area contributed by atoms with Crippen molar-refractivity contribution in [2.45, 2.75) is 4.90 Å². The number of hydrogen-bond acceptors (Lipinski definition) is 5. The van der Waals surface area contributed by atoms with Gasteiger partial charge in [0, 0.05) is 4.47 Å². The zero-order valence-electron chi connectivity index (χ0n) is 8.75. The maximum atomic E-state index is 11.9. The molecule has 96 valence electrons. The molecular formula is C9H7BrN2O4S2. The Morgan fingerprint density at radius 1 is 1.50 bits per heavy atom. The molecule has 0 atom stereocenters. The lowest BCUT2D eigenvalue weighted by Crippen LogP contribution is -2.20. The van der Waals surface area contributed by atoms with E-state index in [-0.39, 0.29) is 15.8 Å². The van der Waals surface area contributed by atoms with Gasteiger partial charge in [0.1, 0.15) is 4.90 Å². The smallest absolute Gasteiger partial charge is 0.313 e. The van der Waals surface area contributed by atoms with Gasteiger partial charge in [0.25, 0.3) is 10.0 Å². The van der Waals surface area contributed by atoms with E-state index in [0.29, 0.717) is 10.2 Å². The van der Waals surface area contributed by atoms with Crippen molar-refractivity contribution in [1.82, 2.24) is 0 Å². The number of benzene rings is 1. The molecular weight excluding hydrogens is 344 g/mol. The lowest BCUT2D eigenvalue weighted by atomic mass is 10.3. The van der Waals surface area contributed by atoms with E-state index in [1.54, 1.807) is 12.1 Å². The molecule has 1 heterocycles. The topological polar surface area (TPSA) is 95.8 Å². The van der Waals surface area contributed by atoms with Crippen LogP contribution in [0.3, 0.4) is 0 Å². The van der Waals surface area contributed by atoms with Crippen LogP contribution in [0.25, 0.3) is 0 Å². The van der Waals surface area contributed by atoms with E-state index in [9.17, 15) is 13.2 Å². The van der Waals surface area contributed by atoms with Gasteiger partial charge in [0.05, 0.1) is 11.4 Å². The first kappa shape index (κ1) is 13.4. The number of anilines is 1. The van der Waals surface area contributed by atoms with Gasteiger partial charge in [-0.1, -0.05) is 27.7 Å². The van der Waals surface area contributed by atoms with Gasteiger partial charge in [0.2, 0.25) is 0 Å². The van der Waals surface area contributed by atoms with Crippen molar-refractivity contribution < 1.29 is 18.3 Å². The predicted octanol–water partition coefficient (Wildman–Crippen LogP) is 1.74. The van der Waals surface area contributed by atoms with Gasteiger partial charge in [-0.05, 0) is 18.2 Å². The second kappa shape index (κ2) is 4.90. The Kier molecular flexibility index (Phi) is 3.64. The number of thioether (sulfide) groups is 1. The summed E-state index contributed by atoms with van der Waals surface area (Å²) in [6.45, 7) is 0. The molecule has 9 heteroatoms. The van der Waals surface area contributed by atoms with E-state index < -0.39 is 16.0 Å². The molecule has 0 amide bonds. The average Bonchev–Trinajstić information content (AvgIpc) is 2.27. The number of halogens is 1. The summed E-state index contributed by atoms with van der Waals surface area (Å²) in [4.78, 5) is 10.5. The summed E-state index contributed by atoms with van der Waals surface area (Å²) in [5, 5.41) is 11.4. The summed E-state index contributed by atoms with van der Waals surface area (Å²) in [5.41, 5.74) is 0.390. The number of hydrogen-bond donors (Lipinski definition) is 2. The number of amidine groups is 1. The quantitative estimate of drug-likeness (QED) is 0.843. The first-order chi connectivity index (χ1) is 8.38. The SMILES string of the molecule is O=C(O)CSC1=NS(=O)(=O)c2cc(Br)ccc2N1. The van der Waals surface area contributed by atoms with Crippen molar-refractivity contribution >= 4 is 54.5 Å². The Morgan fingerprint density at radius 3 is 2.89 bits per heavy atom. The molecule has 0 saturated carbocycles. The van der Waals surface area contributed by atoms with Gasteiger partial charge in [0.15, 0.2) is 5.17 Å². The molecule has 0 spiro atoms. The van der Waals surface area contributed by atoms with Crippen LogP contribution in [0.15, 0.2) is 32.0 Å². The molecule has 0 saturated heterocycles. The Labute approximate surface area is 116 Å². The van der Waals surface area contributed by atoms with Gasteiger partial charge in [-0.25, -0.2) is 0 Å². The molecule has 0 aliphatic carbocycles. The van der Waals surface area contributed by atoms with E-state index >= 15 is 0 Å². The van der Waals surface area contributed by atoms with Crippen LogP contribution in [0.1, 0.15) is 0 Å². The fourth-order valence-corrected chi connectivity index (χ4v) is 3.80. The third-order valence-corrected chi connectivity index (χ3v) is 4.78. The molecule has 1 aromatic carbocycles. The maximum Gasteiger partial charge on any atom is 0.313 e. The van der Waals surface area contributed by atoms with Crippen LogP contribution in [-0.4, -0.2) is 30.4 Å². The maximum absolute atomic E-state index is 11.9. The van der Waals surface area contributed by atoms with E-state index in [4.69, 9.17) is 5.11 Å². The van der Waals surface area contributed by atoms with Crippen molar-refractivity contribution in [3.05, 3.63) is 22.7 Å². The summed E-state index contributed by atoms with van der Waals surface area (Å²) >= 11 is 4.01. The van der Waals surface area contributed by atoms with Gasteiger partial charge < -0.3 is 10.4 Å². The van der Waals surface area contributed by atoms with Crippen LogP contribution >= 0.6 is 27.7 Å². The third kappa shape index (κ3) is 2.85. The molecule has 2 N–H and O–H groups in total. The molecule has 0 radical (unpaired) electrons.